The fourth-order valence-electron chi connectivity index (χ4n) is 9.26. The van der Waals surface area contributed by atoms with Gasteiger partial charge in [-0.3, -0.25) is 0 Å². The van der Waals surface area contributed by atoms with Crippen molar-refractivity contribution in [3.63, 3.8) is 0 Å². The van der Waals surface area contributed by atoms with Crippen molar-refractivity contribution in [2.24, 2.45) is 0 Å². The van der Waals surface area contributed by atoms with Crippen LogP contribution >= 0.6 is 0 Å². The third kappa shape index (κ3) is 8.37. The van der Waals surface area contributed by atoms with Gasteiger partial charge in [-0.1, -0.05) is 48.5 Å². The highest BCUT2D eigenvalue weighted by Crippen LogP contribution is 2.35. The van der Waals surface area contributed by atoms with Crippen molar-refractivity contribution in [2.75, 3.05) is 77.3 Å². The lowest BCUT2D eigenvalue weighted by Crippen LogP contribution is -2.48. The SMILES string of the molecule is C[N+](C)(CCC[n+]1c(-c2ccccc2)c2cc(N)ccc2c2ccc(N)cc21)CCC[N+](C)(C)CCC[n+]1c(-c2ccccc2)c2cc(N)ccc2c2ccc(N)cc21. The number of benzene rings is 6. The Bertz CT molecular complexity index is 2600. The topological polar surface area (TPSA) is 112 Å². The molecule has 0 unspecified atom stereocenters. The summed E-state index contributed by atoms with van der Waals surface area (Å²) in [4.78, 5) is 0. The standard InChI is InChI=1S/C51H58N8/c1-58(2,28-11-26-56-48-34-40(54)20-24-44(48)42-22-18-38(52)32-46(42)50(56)36-14-7-5-8-15-36)30-13-31-59(3,4)29-12-27-57-49-35-41(55)21-25-45(49)43-23-19-39(53)33-47(43)51(57)37-16-9-6-10-17-37/h5-10,14-25,32-35,54-55H,11-13,26-31,52-53H2,1-4H3/q+2/p+2. The van der Waals surface area contributed by atoms with Crippen molar-refractivity contribution >= 4 is 66.1 Å². The quantitative estimate of drug-likeness (QED) is 0.0383. The molecule has 59 heavy (non-hydrogen) atoms. The van der Waals surface area contributed by atoms with E-state index in [2.05, 4.69) is 147 Å². The molecular weight excluding hydrogens is 725 g/mol. The summed E-state index contributed by atoms with van der Waals surface area (Å²) in [7, 11) is 9.52. The van der Waals surface area contributed by atoms with Gasteiger partial charge in [0.25, 0.3) is 0 Å². The molecule has 0 atom stereocenters. The zero-order chi connectivity index (χ0) is 41.3. The molecule has 8 aromatic rings. The van der Waals surface area contributed by atoms with Crippen molar-refractivity contribution in [3.05, 3.63) is 133 Å². The van der Waals surface area contributed by atoms with Crippen LogP contribution in [0.3, 0.4) is 0 Å². The first-order chi connectivity index (χ1) is 28.4. The van der Waals surface area contributed by atoms with Gasteiger partial charge in [-0.05, 0) is 72.8 Å². The van der Waals surface area contributed by atoms with Gasteiger partial charge in [0, 0.05) is 63.2 Å². The van der Waals surface area contributed by atoms with Crippen molar-refractivity contribution in [3.8, 4) is 22.5 Å². The Hall–Kier alpha value is -6.22. The zero-order valence-corrected chi connectivity index (χ0v) is 35.2. The fraction of sp³-hybridized carbons (Fsp3) is 0.255. The fourth-order valence-corrected chi connectivity index (χ4v) is 9.26. The largest absolute Gasteiger partial charge is 0.399 e. The summed E-state index contributed by atoms with van der Waals surface area (Å²) in [6, 6.07) is 46.5. The predicted molar refractivity (Wildman–Crippen MR) is 249 cm³/mol. The number of aromatic nitrogens is 2. The van der Waals surface area contributed by atoms with Crippen LogP contribution in [0.5, 0.6) is 0 Å². The van der Waals surface area contributed by atoms with E-state index in [1.165, 1.54) is 54.8 Å². The molecule has 8 rings (SSSR count). The third-order valence-electron chi connectivity index (χ3n) is 12.3. The molecule has 0 aliphatic carbocycles. The number of pyridine rings is 2. The lowest BCUT2D eigenvalue weighted by molar-refractivity contribution is -0.911. The molecule has 0 radical (unpaired) electrons. The van der Waals surface area contributed by atoms with E-state index in [1.807, 2.05) is 24.3 Å². The van der Waals surface area contributed by atoms with Crippen LogP contribution in [0.2, 0.25) is 0 Å². The number of fused-ring (bicyclic) bond motifs is 6. The lowest BCUT2D eigenvalue weighted by atomic mass is 9.98. The van der Waals surface area contributed by atoms with Crippen LogP contribution in [0, 0.1) is 0 Å². The predicted octanol–water partition coefficient (Wildman–Crippen LogP) is 8.56. The van der Waals surface area contributed by atoms with Crippen LogP contribution < -0.4 is 32.1 Å². The average Bonchev–Trinajstić information content (AvgIpc) is 3.21. The second-order valence-electron chi connectivity index (χ2n) is 17.7. The number of nitrogens with two attached hydrogens (primary N) is 4. The van der Waals surface area contributed by atoms with Gasteiger partial charge in [-0.2, -0.15) is 9.13 Å². The Labute approximate surface area is 348 Å². The van der Waals surface area contributed by atoms with Crippen LogP contribution in [-0.4, -0.2) is 63.3 Å². The molecule has 0 bridgehead atoms. The highest BCUT2D eigenvalue weighted by Gasteiger charge is 2.28. The van der Waals surface area contributed by atoms with E-state index in [1.54, 1.807) is 0 Å². The monoisotopic (exact) mass is 784 g/mol. The van der Waals surface area contributed by atoms with Crippen molar-refractivity contribution < 1.29 is 18.1 Å². The van der Waals surface area contributed by atoms with Crippen molar-refractivity contribution in [2.45, 2.75) is 32.4 Å². The molecule has 0 saturated carbocycles. The number of nitrogen functional groups attached to an aromatic ring is 4. The van der Waals surface area contributed by atoms with Crippen LogP contribution in [0.25, 0.3) is 65.9 Å². The van der Waals surface area contributed by atoms with Gasteiger partial charge < -0.3 is 31.9 Å². The van der Waals surface area contributed by atoms with E-state index >= 15 is 0 Å². The molecule has 0 saturated heterocycles. The van der Waals surface area contributed by atoms with Crippen LogP contribution in [-0.2, 0) is 13.1 Å². The molecular formula is C51H60N8+4. The van der Waals surface area contributed by atoms with Crippen LogP contribution in [0.1, 0.15) is 19.3 Å². The van der Waals surface area contributed by atoms with Gasteiger partial charge in [0.05, 0.1) is 88.8 Å². The van der Waals surface area contributed by atoms with Crippen molar-refractivity contribution in [1.82, 2.24) is 0 Å². The van der Waals surface area contributed by atoms with E-state index in [-0.39, 0.29) is 0 Å². The minimum Gasteiger partial charge on any atom is -0.399 e. The molecule has 2 heterocycles. The highest BCUT2D eigenvalue weighted by molar-refractivity contribution is 6.11. The van der Waals surface area contributed by atoms with Crippen LogP contribution in [0.4, 0.5) is 22.7 Å². The van der Waals surface area contributed by atoms with Gasteiger partial charge in [0.2, 0.25) is 22.4 Å². The summed E-state index contributed by atoms with van der Waals surface area (Å²) < 4.78 is 6.88. The number of quaternary nitrogens is 2. The molecule has 6 aromatic carbocycles. The maximum Gasteiger partial charge on any atom is 0.220 e. The summed E-state index contributed by atoms with van der Waals surface area (Å²) in [5, 5.41) is 7.10. The maximum absolute atomic E-state index is 6.43. The number of aryl methyl sites for hydroxylation is 2. The molecule has 0 aliphatic rings. The van der Waals surface area contributed by atoms with E-state index in [9.17, 15) is 0 Å². The molecule has 0 aliphatic heterocycles. The zero-order valence-electron chi connectivity index (χ0n) is 35.2. The lowest BCUT2D eigenvalue weighted by Gasteiger charge is -2.33. The van der Waals surface area contributed by atoms with E-state index in [0.717, 1.165) is 101 Å². The number of rotatable bonds is 14. The van der Waals surface area contributed by atoms with Gasteiger partial charge in [-0.25, -0.2) is 0 Å². The Balaban J connectivity index is 0.964. The summed E-state index contributed by atoms with van der Waals surface area (Å²) in [6.45, 7) is 6.11. The Morgan fingerprint density at radius 2 is 0.712 bits per heavy atom. The highest BCUT2D eigenvalue weighted by atomic mass is 15.3. The summed E-state index contributed by atoms with van der Waals surface area (Å²) >= 11 is 0. The van der Waals surface area contributed by atoms with Gasteiger partial charge in [-0.15, -0.1) is 0 Å². The molecule has 0 fully saturated rings. The van der Waals surface area contributed by atoms with Crippen LogP contribution in [0.15, 0.2) is 133 Å². The van der Waals surface area contributed by atoms with E-state index < -0.39 is 0 Å². The molecule has 8 N–H and O–H groups in total. The summed E-state index contributed by atoms with van der Waals surface area (Å²) in [6.07, 6.45) is 3.21. The number of anilines is 4. The van der Waals surface area contributed by atoms with Crippen molar-refractivity contribution in [1.29, 1.82) is 0 Å². The molecule has 2 aromatic heterocycles. The van der Waals surface area contributed by atoms with E-state index in [0.29, 0.717) is 0 Å². The Morgan fingerprint density at radius 3 is 1.10 bits per heavy atom. The smallest absolute Gasteiger partial charge is 0.220 e. The van der Waals surface area contributed by atoms with E-state index in [4.69, 9.17) is 22.9 Å². The number of hydrogen-bond donors (Lipinski definition) is 4. The summed E-state index contributed by atoms with van der Waals surface area (Å²) in [5.41, 5.74) is 35.8. The maximum atomic E-state index is 6.43. The molecule has 8 heteroatoms. The molecule has 0 spiro atoms. The van der Waals surface area contributed by atoms with Gasteiger partial charge in [0.15, 0.2) is 13.1 Å². The second-order valence-corrected chi connectivity index (χ2v) is 17.7. The first kappa shape index (κ1) is 39.6. The minimum absolute atomic E-state index is 0.767. The second kappa shape index (κ2) is 16.2. The molecule has 0 amide bonds. The first-order valence-electron chi connectivity index (χ1n) is 21.0. The van der Waals surface area contributed by atoms with Gasteiger partial charge in [0.1, 0.15) is 0 Å². The Morgan fingerprint density at radius 1 is 0.373 bits per heavy atom. The van der Waals surface area contributed by atoms with Gasteiger partial charge >= 0.3 is 0 Å². The Kier molecular flexibility index (Phi) is 10.9. The normalized spacial score (nSPS) is 12.3. The average molecular weight is 785 g/mol. The number of nitrogens with zero attached hydrogens (tertiary/aromatic N) is 4. The molecule has 8 nitrogen and oxygen atoms in total. The summed E-state index contributed by atoms with van der Waals surface area (Å²) in [5.74, 6) is 0. The number of hydrogen-bond acceptors (Lipinski definition) is 4. The minimum atomic E-state index is 0.767. The third-order valence-corrected chi connectivity index (χ3v) is 12.3. The molecule has 300 valence electrons. The first-order valence-corrected chi connectivity index (χ1v) is 21.0.